The summed E-state index contributed by atoms with van der Waals surface area (Å²) in [7, 11) is 1.25. The molecule has 1 amide bonds. The monoisotopic (exact) mass is 680 g/mol. The predicted molar refractivity (Wildman–Crippen MR) is 163 cm³/mol. The second-order valence-electron chi connectivity index (χ2n) is 10.4. The van der Waals surface area contributed by atoms with Gasteiger partial charge in [-0.3, -0.25) is 9.48 Å². The predicted octanol–water partition coefficient (Wildman–Crippen LogP) is 2.33. The van der Waals surface area contributed by atoms with Crippen LogP contribution in [-0.4, -0.2) is 92.9 Å². The van der Waals surface area contributed by atoms with Crippen molar-refractivity contribution in [2.24, 2.45) is 0 Å². The highest BCUT2D eigenvalue weighted by atomic mass is 35.5. The third-order valence-corrected chi connectivity index (χ3v) is 7.57. The molecule has 1 aromatic heterocycles. The van der Waals surface area contributed by atoms with Gasteiger partial charge in [0.15, 0.2) is 12.0 Å². The number of nitrogens with zero attached hydrogens (tertiary/aromatic N) is 3. The average Bonchev–Trinajstić information content (AvgIpc) is 3.49. The van der Waals surface area contributed by atoms with Gasteiger partial charge >= 0.3 is 5.97 Å². The normalized spacial score (nSPS) is 21.0. The minimum Gasteiger partial charge on any atom is -0.486 e. The van der Waals surface area contributed by atoms with E-state index in [1.54, 1.807) is 35.1 Å². The van der Waals surface area contributed by atoms with Gasteiger partial charge in [0.05, 0.1) is 21.3 Å². The van der Waals surface area contributed by atoms with Crippen LogP contribution < -0.4 is 10.1 Å². The average molecular weight is 682 g/mol. The summed E-state index contributed by atoms with van der Waals surface area (Å²) in [5.74, 6) is -0.915. The Morgan fingerprint density at radius 2 is 1.87 bits per heavy atom. The summed E-state index contributed by atoms with van der Waals surface area (Å²) in [6, 6.07) is 9.63. The molecular formula is C30H34Cl2N4O10. The van der Waals surface area contributed by atoms with Crippen LogP contribution in [0.3, 0.4) is 0 Å². The van der Waals surface area contributed by atoms with Gasteiger partial charge in [-0.15, -0.1) is 5.10 Å². The Hall–Kier alpha value is -3.63. The Morgan fingerprint density at radius 1 is 1.11 bits per heavy atom. The number of carbonyl (C=O) groups excluding carboxylic acids is 3. The van der Waals surface area contributed by atoms with Gasteiger partial charge < -0.3 is 44.4 Å². The quantitative estimate of drug-likeness (QED) is 0.104. The molecule has 1 aliphatic rings. The molecule has 4 N–H and O–H groups in total. The number of hydrogen-bond donors (Lipinski definition) is 4. The first-order chi connectivity index (χ1) is 22.1. The van der Waals surface area contributed by atoms with Crippen molar-refractivity contribution in [3.63, 3.8) is 0 Å². The van der Waals surface area contributed by atoms with Gasteiger partial charge in [-0.2, -0.15) is 0 Å². The zero-order chi connectivity index (χ0) is 33.2. The van der Waals surface area contributed by atoms with Crippen LogP contribution in [0.4, 0.5) is 5.69 Å². The lowest BCUT2D eigenvalue weighted by atomic mass is 9.99. The van der Waals surface area contributed by atoms with E-state index in [1.165, 1.54) is 19.2 Å². The Bertz CT molecular complexity index is 1480. The minimum atomic E-state index is -1.56. The lowest BCUT2D eigenvalue weighted by Gasteiger charge is -2.39. The molecule has 0 saturated carbocycles. The molecule has 16 heteroatoms. The van der Waals surface area contributed by atoms with Gasteiger partial charge in [0.25, 0.3) is 0 Å². The van der Waals surface area contributed by atoms with Gasteiger partial charge in [-0.1, -0.05) is 40.5 Å². The summed E-state index contributed by atoms with van der Waals surface area (Å²) < 4.78 is 23.0. The van der Waals surface area contributed by atoms with E-state index < -0.39 is 43.3 Å². The zero-order valence-corrected chi connectivity index (χ0v) is 26.3. The fourth-order valence-corrected chi connectivity index (χ4v) is 5.16. The van der Waals surface area contributed by atoms with Gasteiger partial charge in [0.1, 0.15) is 43.9 Å². The van der Waals surface area contributed by atoms with Crippen LogP contribution >= 0.6 is 23.2 Å². The molecule has 14 nitrogen and oxygen atoms in total. The molecule has 248 valence electrons. The summed E-state index contributed by atoms with van der Waals surface area (Å²) in [5, 5.41) is 41.0. The number of aromatic nitrogens is 3. The van der Waals surface area contributed by atoms with Crippen molar-refractivity contribution in [1.29, 1.82) is 0 Å². The molecule has 0 aliphatic carbocycles. The van der Waals surface area contributed by atoms with E-state index in [9.17, 15) is 29.7 Å². The van der Waals surface area contributed by atoms with Gasteiger partial charge in [0, 0.05) is 44.8 Å². The Morgan fingerprint density at radius 3 is 2.59 bits per heavy atom. The molecule has 2 aromatic carbocycles. The second kappa shape index (κ2) is 16.8. The topological polar surface area (TPSA) is 192 Å². The number of ether oxygens (including phenoxy) is 4. The number of anilines is 1. The summed E-state index contributed by atoms with van der Waals surface area (Å²) in [4.78, 5) is 35.7. The Balaban J connectivity index is 1.27. The first-order valence-electron chi connectivity index (χ1n) is 14.3. The number of nitrogens with one attached hydrogen (secondary N) is 1. The summed E-state index contributed by atoms with van der Waals surface area (Å²) >= 11 is 12.7. The smallest absolute Gasteiger partial charge is 0.338 e. The number of hydrogen-bond acceptors (Lipinski definition) is 12. The summed E-state index contributed by atoms with van der Waals surface area (Å²) in [5.41, 5.74) is 1.94. The first kappa shape index (κ1) is 35.2. The number of benzene rings is 2. The van der Waals surface area contributed by atoms with Crippen molar-refractivity contribution in [2.45, 2.75) is 69.5 Å². The molecule has 0 bridgehead atoms. The number of amides is 1. The molecule has 2 heterocycles. The van der Waals surface area contributed by atoms with E-state index in [4.69, 9.17) is 42.1 Å². The van der Waals surface area contributed by atoms with Gasteiger partial charge in [0.2, 0.25) is 5.91 Å². The summed E-state index contributed by atoms with van der Waals surface area (Å²) in [6.07, 6.45) is -2.60. The largest absolute Gasteiger partial charge is 0.486 e. The standard InChI is InChI=1S/C30H34Cl2N4O10/c1-43-30-27(41)26(40)25(39)23(46-30)16-45-29(42)18-12-21(31)28(22(32)13-18)44-15-17-5-4-6-19(11-17)33-24(38)8-7-20-14-36(35-34-20)9-2-3-10-37/h4-6,10-14,23,25-27,30,39-41H,2-3,7-9,15-16H2,1H3,(H,33,38)/t23-,25-,26+,27-,30-/m1/s1. The van der Waals surface area contributed by atoms with Crippen LogP contribution in [0.15, 0.2) is 42.6 Å². The second-order valence-corrected chi connectivity index (χ2v) is 11.3. The number of unbranched alkanes of at least 4 members (excludes halogenated alkanes) is 1. The van der Waals surface area contributed by atoms with Crippen LogP contribution in [0, 0.1) is 0 Å². The molecule has 1 fully saturated rings. The van der Waals surface area contributed by atoms with E-state index in [2.05, 4.69) is 15.6 Å². The SMILES string of the molecule is CO[C@@H]1O[C@H](COC(=O)c2cc(Cl)c(OCc3cccc(NC(=O)CCc4cn(CCCC=O)nn4)c3)c(Cl)c2)[C@@H](O)[C@H](O)[C@H]1O. The van der Waals surface area contributed by atoms with Crippen molar-refractivity contribution >= 4 is 47.1 Å². The van der Waals surface area contributed by atoms with Gasteiger partial charge in [-0.05, 0) is 36.2 Å². The third-order valence-electron chi connectivity index (χ3n) is 7.01. The minimum absolute atomic E-state index is 0.00155. The van der Waals surface area contributed by atoms with Crippen LogP contribution in [0.2, 0.25) is 10.0 Å². The number of carbonyl (C=O) groups is 3. The van der Waals surface area contributed by atoms with E-state index in [1.807, 2.05) is 0 Å². The van der Waals surface area contributed by atoms with Crippen molar-refractivity contribution in [2.75, 3.05) is 19.0 Å². The van der Waals surface area contributed by atoms with Gasteiger partial charge in [-0.25, -0.2) is 4.79 Å². The number of halogens is 2. The molecule has 3 aromatic rings. The molecule has 0 spiro atoms. The van der Waals surface area contributed by atoms with E-state index in [-0.39, 0.29) is 40.3 Å². The van der Waals surface area contributed by atoms with Crippen LogP contribution in [0.1, 0.15) is 40.9 Å². The summed E-state index contributed by atoms with van der Waals surface area (Å²) in [6.45, 7) is 0.179. The zero-order valence-electron chi connectivity index (χ0n) is 24.8. The molecule has 0 radical (unpaired) electrons. The Labute approximate surface area is 274 Å². The number of rotatable bonds is 15. The number of esters is 1. The van der Waals surface area contributed by atoms with E-state index in [0.717, 1.165) is 6.29 Å². The number of aliphatic hydroxyl groups is 3. The maximum Gasteiger partial charge on any atom is 0.338 e. The maximum absolute atomic E-state index is 12.7. The highest BCUT2D eigenvalue weighted by molar-refractivity contribution is 6.37. The highest BCUT2D eigenvalue weighted by Crippen LogP contribution is 2.35. The molecule has 4 rings (SSSR count). The van der Waals surface area contributed by atoms with Crippen LogP contribution in [0.25, 0.3) is 0 Å². The number of aliphatic hydroxyl groups excluding tert-OH is 3. The van der Waals surface area contributed by atoms with Crippen molar-refractivity contribution in [1.82, 2.24) is 15.0 Å². The van der Waals surface area contributed by atoms with E-state index in [0.29, 0.717) is 42.8 Å². The Kier molecular flexibility index (Phi) is 12.9. The highest BCUT2D eigenvalue weighted by Gasteiger charge is 2.44. The lowest BCUT2D eigenvalue weighted by molar-refractivity contribution is -0.294. The number of aryl methyl sites for hydroxylation is 2. The molecule has 5 atom stereocenters. The molecular weight excluding hydrogens is 647 g/mol. The van der Waals surface area contributed by atoms with Crippen LogP contribution in [0.5, 0.6) is 5.75 Å². The molecule has 1 aliphatic heterocycles. The molecule has 1 saturated heterocycles. The van der Waals surface area contributed by atoms with E-state index >= 15 is 0 Å². The fourth-order valence-electron chi connectivity index (χ4n) is 4.56. The maximum atomic E-state index is 12.7. The van der Waals surface area contributed by atoms with Crippen molar-refractivity contribution in [3.05, 3.63) is 69.5 Å². The number of aldehydes is 1. The number of methoxy groups -OCH3 is 1. The van der Waals surface area contributed by atoms with Crippen molar-refractivity contribution in [3.8, 4) is 5.75 Å². The first-order valence-corrected chi connectivity index (χ1v) is 15.1. The lowest BCUT2D eigenvalue weighted by Crippen LogP contribution is -2.59. The fraction of sp³-hybridized carbons (Fsp3) is 0.433. The third kappa shape index (κ3) is 9.45. The molecule has 46 heavy (non-hydrogen) atoms. The van der Waals surface area contributed by atoms with Crippen molar-refractivity contribution < 1.29 is 48.7 Å². The molecule has 0 unspecified atom stereocenters. The van der Waals surface area contributed by atoms with Crippen LogP contribution in [-0.2, 0) is 43.4 Å².